The molecule has 1 saturated heterocycles. The zero-order valence-electron chi connectivity index (χ0n) is 14.9. The quantitative estimate of drug-likeness (QED) is 0.449. The van der Waals surface area contributed by atoms with E-state index in [-0.39, 0.29) is 18.5 Å². The third-order valence-electron chi connectivity index (χ3n) is 4.76. The fourth-order valence-electron chi connectivity index (χ4n) is 3.40. The number of carboxylic acids is 1. The van der Waals surface area contributed by atoms with Crippen LogP contribution in [0.2, 0.25) is 5.02 Å². The highest BCUT2D eigenvalue weighted by atomic mass is 79.9. The fourth-order valence-corrected chi connectivity index (χ4v) is 5.87. The molecule has 1 heterocycles. The second-order valence-electron chi connectivity index (χ2n) is 6.69. The summed E-state index contributed by atoms with van der Waals surface area (Å²) in [6, 6.07) is 4.46. The van der Waals surface area contributed by atoms with Gasteiger partial charge in [-0.15, -0.1) is 0 Å². The largest absolute Gasteiger partial charge is 0.478 e. The summed E-state index contributed by atoms with van der Waals surface area (Å²) >= 11 is 9.08. The first-order valence-electron chi connectivity index (χ1n) is 8.61. The third kappa shape index (κ3) is 4.61. The molecule has 160 valence electrons. The average Bonchev–Trinajstić information content (AvgIpc) is 3.01. The summed E-state index contributed by atoms with van der Waals surface area (Å²) in [5.41, 5.74) is -0.197. The Hall–Kier alpha value is -1.21. The van der Waals surface area contributed by atoms with Crippen LogP contribution in [0.3, 0.4) is 0 Å². The first-order chi connectivity index (χ1) is 13.6. The van der Waals surface area contributed by atoms with Gasteiger partial charge in [-0.2, -0.15) is 0 Å². The molecule has 3 atom stereocenters. The van der Waals surface area contributed by atoms with Gasteiger partial charge in [0.25, 0.3) is 0 Å². The summed E-state index contributed by atoms with van der Waals surface area (Å²) in [5.74, 6) is -2.95. The lowest BCUT2D eigenvalue weighted by atomic mass is 9.94. The molecule has 29 heavy (non-hydrogen) atoms. The zero-order chi connectivity index (χ0) is 21.4. The van der Waals surface area contributed by atoms with Crippen LogP contribution < -0.4 is 4.72 Å². The summed E-state index contributed by atoms with van der Waals surface area (Å²) in [6.45, 7) is -0.867. The van der Waals surface area contributed by atoms with E-state index >= 15 is 0 Å². The lowest BCUT2D eigenvalue weighted by molar-refractivity contribution is -0.153. The number of ether oxygens (including phenoxy) is 2. The van der Waals surface area contributed by atoms with E-state index in [1.807, 2.05) is 0 Å². The number of carbonyl (C=O) groups is 1. The molecule has 1 aromatic rings. The van der Waals surface area contributed by atoms with Gasteiger partial charge in [-0.3, -0.25) is 4.72 Å². The van der Waals surface area contributed by atoms with Crippen LogP contribution >= 0.6 is 27.5 Å². The molecule has 1 aliphatic heterocycles. The van der Waals surface area contributed by atoms with Crippen LogP contribution in [0.5, 0.6) is 0 Å². The van der Waals surface area contributed by atoms with Gasteiger partial charge in [0.15, 0.2) is 5.79 Å². The molecule has 1 aromatic carbocycles. The first kappa shape index (κ1) is 22.5. The van der Waals surface area contributed by atoms with Crippen molar-refractivity contribution in [3.05, 3.63) is 39.3 Å². The number of halogens is 2. The van der Waals surface area contributed by atoms with Crippen molar-refractivity contribution in [1.82, 2.24) is 0 Å². The molecule has 3 rings (SSSR count). The molecule has 0 radical (unpaired) electrons. The summed E-state index contributed by atoms with van der Waals surface area (Å²) in [5, 5.41) is 27.4. The second kappa shape index (κ2) is 8.50. The van der Waals surface area contributed by atoms with Gasteiger partial charge >= 0.3 is 5.97 Å². The van der Waals surface area contributed by atoms with Gasteiger partial charge in [0, 0.05) is 15.9 Å². The van der Waals surface area contributed by atoms with Crippen molar-refractivity contribution in [1.29, 1.82) is 0 Å². The van der Waals surface area contributed by atoms with Crippen LogP contribution in [0.4, 0.5) is 5.69 Å². The van der Waals surface area contributed by atoms with Crippen LogP contribution in [-0.4, -0.2) is 66.2 Å². The van der Waals surface area contributed by atoms with Gasteiger partial charge in [0.2, 0.25) is 10.0 Å². The Morgan fingerprint density at radius 3 is 2.41 bits per heavy atom. The van der Waals surface area contributed by atoms with Gasteiger partial charge in [0.05, 0.1) is 24.5 Å². The number of aliphatic hydroxyl groups is 2. The molecule has 0 bridgehead atoms. The first-order valence-corrected chi connectivity index (χ1v) is 11.3. The standard InChI is InChI=1S/C17H19BrClNO8S/c18-11-5-9(19)1-2-12(11)20-29(25,26)15-3-4-17(6-10(15)16(23)24)27-13(7-21)14(8-22)28-17/h1-2,5-6,13-15,20-22H,3-4,7-8H2,(H,23,24)/t13-,14-,15?/m1/s1. The molecular weight excluding hydrogens is 494 g/mol. The van der Waals surface area contributed by atoms with Crippen LogP contribution in [0.15, 0.2) is 34.3 Å². The molecular formula is C17H19BrClNO8S. The minimum atomic E-state index is -4.13. The van der Waals surface area contributed by atoms with E-state index in [9.17, 15) is 28.5 Å². The Kier molecular flexibility index (Phi) is 6.59. The highest BCUT2D eigenvalue weighted by Gasteiger charge is 2.51. The number of hydrogen-bond donors (Lipinski definition) is 4. The number of hydrogen-bond acceptors (Lipinski definition) is 7. The van der Waals surface area contributed by atoms with Gasteiger partial charge in [-0.25, -0.2) is 13.2 Å². The summed E-state index contributed by atoms with van der Waals surface area (Å²) in [6.07, 6.45) is -0.651. The predicted octanol–water partition coefficient (Wildman–Crippen LogP) is 1.48. The molecule has 4 N–H and O–H groups in total. The number of benzene rings is 1. The highest BCUT2D eigenvalue weighted by Crippen LogP contribution is 2.41. The lowest BCUT2D eigenvalue weighted by Gasteiger charge is -2.33. The van der Waals surface area contributed by atoms with Gasteiger partial charge in [-0.1, -0.05) is 11.6 Å². The van der Waals surface area contributed by atoms with E-state index in [0.29, 0.717) is 9.50 Å². The second-order valence-corrected chi connectivity index (χ2v) is 9.85. The predicted molar refractivity (Wildman–Crippen MR) is 107 cm³/mol. The summed E-state index contributed by atoms with van der Waals surface area (Å²) in [4.78, 5) is 11.8. The zero-order valence-corrected chi connectivity index (χ0v) is 18.1. The average molecular weight is 513 g/mol. The number of aliphatic hydroxyl groups excluding tert-OH is 2. The smallest absolute Gasteiger partial charge is 0.332 e. The Morgan fingerprint density at radius 1 is 1.28 bits per heavy atom. The Balaban J connectivity index is 1.91. The van der Waals surface area contributed by atoms with Gasteiger partial charge in [-0.05, 0) is 46.6 Å². The Bertz CT molecular complexity index is 925. The molecule has 12 heteroatoms. The number of rotatable bonds is 6. The number of carboxylic acid groups (broad SMARTS) is 1. The maximum Gasteiger partial charge on any atom is 0.332 e. The van der Waals surface area contributed by atoms with Crippen LogP contribution in [-0.2, 0) is 24.3 Å². The Labute approximate surface area is 180 Å². The van der Waals surface area contributed by atoms with Crippen LogP contribution in [0, 0.1) is 0 Å². The molecule has 2 aliphatic rings. The van der Waals surface area contributed by atoms with E-state index in [2.05, 4.69) is 20.7 Å². The molecule has 1 unspecified atom stereocenters. The minimum Gasteiger partial charge on any atom is -0.478 e. The van der Waals surface area contributed by atoms with Crippen molar-refractivity contribution in [3.8, 4) is 0 Å². The van der Waals surface area contributed by atoms with E-state index < -0.39 is 58.0 Å². The van der Waals surface area contributed by atoms with Crippen LogP contribution in [0.25, 0.3) is 0 Å². The third-order valence-corrected chi connectivity index (χ3v) is 7.39. The van der Waals surface area contributed by atoms with E-state index in [0.717, 1.165) is 6.08 Å². The fraction of sp³-hybridized carbons (Fsp3) is 0.471. The highest BCUT2D eigenvalue weighted by molar-refractivity contribution is 9.10. The topological polar surface area (TPSA) is 142 Å². The lowest BCUT2D eigenvalue weighted by Crippen LogP contribution is -2.42. The SMILES string of the molecule is O=C(O)C1=CC2(CCC1S(=O)(=O)Nc1ccc(Cl)cc1Br)O[C@H](CO)[C@@H](CO)O2. The number of sulfonamides is 1. The molecule has 0 saturated carbocycles. The molecule has 1 fully saturated rings. The van der Waals surface area contributed by atoms with Crippen molar-refractivity contribution in [2.75, 3.05) is 17.9 Å². The van der Waals surface area contributed by atoms with E-state index in [4.69, 9.17) is 21.1 Å². The van der Waals surface area contributed by atoms with Crippen molar-refractivity contribution < 1.29 is 38.0 Å². The maximum atomic E-state index is 12.9. The van der Waals surface area contributed by atoms with Crippen molar-refractivity contribution >= 4 is 49.2 Å². The van der Waals surface area contributed by atoms with E-state index in [1.165, 1.54) is 18.2 Å². The number of aliphatic carboxylic acids is 1. The molecule has 1 spiro atoms. The Morgan fingerprint density at radius 2 is 1.90 bits per heavy atom. The summed E-state index contributed by atoms with van der Waals surface area (Å²) in [7, 11) is -4.13. The van der Waals surface area contributed by atoms with Crippen molar-refractivity contribution in [3.63, 3.8) is 0 Å². The molecule has 1 aliphatic carbocycles. The number of anilines is 1. The van der Waals surface area contributed by atoms with Crippen LogP contribution in [0.1, 0.15) is 12.8 Å². The van der Waals surface area contributed by atoms with Gasteiger partial charge in [0.1, 0.15) is 17.5 Å². The summed E-state index contributed by atoms with van der Waals surface area (Å²) < 4.78 is 39.9. The monoisotopic (exact) mass is 511 g/mol. The number of nitrogens with one attached hydrogen (secondary N) is 1. The maximum absolute atomic E-state index is 12.9. The van der Waals surface area contributed by atoms with Crippen molar-refractivity contribution in [2.24, 2.45) is 0 Å². The molecule has 0 amide bonds. The van der Waals surface area contributed by atoms with Gasteiger partial charge < -0.3 is 24.8 Å². The van der Waals surface area contributed by atoms with E-state index in [1.54, 1.807) is 0 Å². The molecule has 9 nitrogen and oxygen atoms in total. The minimum absolute atomic E-state index is 0.0319. The molecule has 0 aromatic heterocycles. The van der Waals surface area contributed by atoms with Crippen molar-refractivity contribution in [2.45, 2.75) is 36.1 Å². The normalized spacial score (nSPS) is 26.3.